The number of benzene rings is 2. The van der Waals surface area contributed by atoms with Crippen LogP contribution in [0.5, 0.6) is 0 Å². The van der Waals surface area contributed by atoms with Gasteiger partial charge in [0.25, 0.3) is 21.8 Å². The number of carbonyl (C=O) groups excluding carboxylic acids is 2. The van der Waals surface area contributed by atoms with Crippen molar-refractivity contribution in [1.29, 1.82) is 0 Å². The monoisotopic (exact) mass is 449 g/mol. The van der Waals surface area contributed by atoms with Gasteiger partial charge in [0.2, 0.25) is 0 Å². The Morgan fingerprint density at radius 3 is 2.41 bits per heavy atom. The molecule has 0 aliphatic rings. The first kappa shape index (κ1) is 20.8. The Labute approximate surface area is 176 Å². The number of hydrogen-bond donors (Lipinski definition) is 3. The maximum absolute atomic E-state index is 12.7. The van der Waals surface area contributed by atoms with Crippen molar-refractivity contribution in [2.24, 2.45) is 0 Å². The molecule has 29 heavy (non-hydrogen) atoms. The van der Waals surface area contributed by atoms with E-state index in [9.17, 15) is 18.0 Å². The van der Waals surface area contributed by atoms with Crippen LogP contribution in [0.4, 0.5) is 5.69 Å². The third kappa shape index (κ3) is 5.14. The first-order valence-corrected chi connectivity index (χ1v) is 11.0. The Morgan fingerprint density at radius 1 is 0.966 bits per heavy atom. The van der Waals surface area contributed by atoms with Crippen LogP contribution in [0.15, 0.2) is 64.9 Å². The molecular formula is C19H16ClN3O4S2. The summed E-state index contributed by atoms with van der Waals surface area (Å²) in [6.45, 7) is 1.84. The zero-order valence-corrected chi connectivity index (χ0v) is 17.5. The minimum Gasteiger partial charge on any atom is -0.280 e. The number of nitrogens with one attached hydrogen (secondary N) is 3. The second-order valence-electron chi connectivity index (χ2n) is 6.00. The van der Waals surface area contributed by atoms with Crippen molar-refractivity contribution in [3.63, 3.8) is 0 Å². The molecule has 0 atom stereocenters. The molecule has 3 rings (SSSR count). The summed E-state index contributed by atoms with van der Waals surface area (Å²) in [6.07, 6.45) is 0. The Hall–Kier alpha value is -2.88. The van der Waals surface area contributed by atoms with E-state index in [-0.39, 0.29) is 15.5 Å². The SMILES string of the molecule is Cc1cccc(NS(=O)(=O)c2ccc(Cl)c(C(=O)NNC(=O)c3cccs3)c2)c1. The van der Waals surface area contributed by atoms with E-state index in [1.54, 1.807) is 35.7 Å². The van der Waals surface area contributed by atoms with Crippen molar-refractivity contribution < 1.29 is 18.0 Å². The Morgan fingerprint density at radius 2 is 1.72 bits per heavy atom. The number of thiophene rings is 1. The van der Waals surface area contributed by atoms with Gasteiger partial charge in [-0.2, -0.15) is 0 Å². The molecule has 150 valence electrons. The van der Waals surface area contributed by atoms with Crippen molar-refractivity contribution in [3.8, 4) is 0 Å². The molecule has 3 aromatic rings. The van der Waals surface area contributed by atoms with E-state index >= 15 is 0 Å². The minimum absolute atomic E-state index is 0.0439. The second-order valence-corrected chi connectivity index (χ2v) is 9.04. The smallest absolute Gasteiger partial charge is 0.279 e. The molecule has 3 N–H and O–H groups in total. The van der Waals surface area contributed by atoms with Gasteiger partial charge in [-0.25, -0.2) is 8.42 Å². The number of sulfonamides is 1. The number of amides is 2. The number of rotatable bonds is 5. The lowest BCUT2D eigenvalue weighted by Crippen LogP contribution is -2.41. The summed E-state index contributed by atoms with van der Waals surface area (Å²) in [5.74, 6) is -1.23. The molecule has 0 unspecified atom stereocenters. The lowest BCUT2D eigenvalue weighted by atomic mass is 10.2. The van der Waals surface area contributed by atoms with Crippen molar-refractivity contribution in [1.82, 2.24) is 10.9 Å². The zero-order chi connectivity index (χ0) is 21.0. The van der Waals surface area contributed by atoms with E-state index in [0.717, 1.165) is 11.6 Å². The summed E-state index contributed by atoms with van der Waals surface area (Å²) >= 11 is 7.26. The van der Waals surface area contributed by atoms with Crippen LogP contribution in [-0.2, 0) is 10.0 Å². The molecule has 10 heteroatoms. The third-order valence-corrected chi connectivity index (χ3v) is 6.37. The molecule has 1 aromatic heterocycles. The van der Waals surface area contributed by atoms with Gasteiger partial charge >= 0.3 is 0 Å². The fourth-order valence-corrected chi connectivity index (χ4v) is 4.32. The molecule has 0 aliphatic carbocycles. The molecule has 7 nitrogen and oxygen atoms in total. The average Bonchev–Trinajstić information content (AvgIpc) is 3.20. The summed E-state index contributed by atoms with van der Waals surface area (Å²) in [4.78, 5) is 24.6. The Bertz CT molecular complexity index is 1160. The third-order valence-electron chi connectivity index (χ3n) is 3.80. The molecule has 1 heterocycles. The van der Waals surface area contributed by atoms with E-state index in [2.05, 4.69) is 15.6 Å². The average molecular weight is 450 g/mol. The molecule has 0 radical (unpaired) electrons. The van der Waals surface area contributed by atoms with Crippen LogP contribution in [0.1, 0.15) is 25.6 Å². The van der Waals surface area contributed by atoms with Crippen LogP contribution in [0.25, 0.3) is 0 Å². The van der Waals surface area contributed by atoms with Gasteiger partial charge in [-0.1, -0.05) is 29.8 Å². The number of carbonyl (C=O) groups is 2. The second kappa shape index (κ2) is 8.64. The lowest BCUT2D eigenvalue weighted by molar-refractivity contribution is 0.0849. The lowest BCUT2D eigenvalue weighted by Gasteiger charge is -2.12. The molecular weight excluding hydrogens is 434 g/mol. The summed E-state index contributed by atoms with van der Waals surface area (Å²) < 4.78 is 27.8. The van der Waals surface area contributed by atoms with Gasteiger partial charge in [-0.05, 0) is 54.3 Å². The maximum atomic E-state index is 12.7. The fourth-order valence-electron chi connectivity index (χ4n) is 2.42. The molecule has 0 saturated carbocycles. The van der Waals surface area contributed by atoms with Gasteiger partial charge < -0.3 is 0 Å². The van der Waals surface area contributed by atoms with Gasteiger partial charge in [0, 0.05) is 5.69 Å². The molecule has 0 spiro atoms. The van der Waals surface area contributed by atoms with Gasteiger partial charge in [0.15, 0.2) is 0 Å². The van der Waals surface area contributed by atoms with Crippen molar-refractivity contribution in [2.75, 3.05) is 4.72 Å². The summed E-state index contributed by atoms with van der Waals surface area (Å²) in [5.41, 5.74) is 5.69. The largest absolute Gasteiger partial charge is 0.280 e. The van der Waals surface area contributed by atoms with Crippen LogP contribution >= 0.6 is 22.9 Å². The van der Waals surface area contributed by atoms with Gasteiger partial charge in [0.05, 0.1) is 20.4 Å². The van der Waals surface area contributed by atoms with Gasteiger partial charge in [0.1, 0.15) is 0 Å². The highest BCUT2D eigenvalue weighted by molar-refractivity contribution is 7.92. The predicted octanol–water partition coefficient (Wildman–Crippen LogP) is 3.59. The number of aryl methyl sites for hydroxylation is 1. The standard InChI is InChI=1S/C19H16ClN3O4S2/c1-12-4-2-5-13(10-12)23-29(26,27)14-7-8-16(20)15(11-14)18(24)21-22-19(25)17-6-3-9-28-17/h2-11,23H,1H3,(H,21,24)(H,22,25). The van der Waals surface area contributed by atoms with Crippen molar-refractivity contribution in [3.05, 3.63) is 81.0 Å². The summed E-state index contributed by atoms with van der Waals surface area (Å²) in [6, 6.07) is 13.9. The van der Waals surface area contributed by atoms with Gasteiger partial charge in [-0.15, -0.1) is 11.3 Å². The zero-order valence-electron chi connectivity index (χ0n) is 15.1. The number of anilines is 1. The van der Waals surface area contributed by atoms with Crippen LogP contribution < -0.4 is 15.6 Å². The van der Waals surface area contributed by atoms with Crippen molar-refractivity contribution in [2.45, 2.75) is 11.8 Å². The molecule has 2 aromatic carbocycles. The van der Waals surface area contributed by atoms with E-state index in [0.29, 0.717) is 10.6 Å². The van der Waals surface area contributed by atoms with Crippen LogP contribution in [0.3, 0.4) is 0 Å². The topological polar surface area (TPSA) is 104 Å². The maximum Gasteiger partial charge on any atom is 0.279 e. The Kier molecular flexibility index (Phi) is 6.21. The van der Waals surface area contributed by atoms with Crippen LogP contribution in [0.2, 0.25) is 5.02 Å². The quantitative estimate of drug-likeness (QED) is 0.518. The van der Waals surface area contributed by atoms with Gasteiger partial charge in [-0.3, -0.25) is 25.2 Å². The Balaban J connectivity index is 1.78. The number of hydrazine groups is 1. The summed E-state index contributed by atoms with van der Waals surface area (Å²) in [5, 5.41) is 1.77. The molecule has 0 saturated heterocycles. The minimum atomic E-state index is -3.94. The normalized spacial score (nSPS) is 11.0. The molecule has 0 aliphatic heterocycles. The fraction of sp³-hybridized carbons (Fsp3) is 0.0526. The van der Waals surface area contributed by atoms with Crippen LogP contribution in [0, 0.1) is 6.92 Å². The highest BCUT2D eigenvalue weighted by Gasteiger charge is 2.19. The predicted molar refractivity (Wildman–Crippen MR) is 113 cm³/mol. The molecule has 0 fully saturated rings. The van der Waals surface area contributed by atoms with E-state index in [4.69, 9.17) is 11.6 Å². The summed E-state index contributed by atoms with van der Waals surface area (Å²) in [7, 11) is -3.94. The number of hydrogen-bond acceptors (Lipinski definition) is 5. The first-order valence-electron chi connectivity index (χ1n) is 8.29. The van der Waals surface area contributed by atoms with Crippen LogP contribution in [-0.4, -0.2) is 20.2 Å². The van der Waals surface area contributed by atoms with Crippen molar-refractivity contribution >= 4 is 50.5 Å². The highest BCUT2D eigenvalue weighted by Crippen LogP contribution is 2.23. The highest BCUT2D eigenvalue weighted by atomic mass is 35.5. The van der Waals surface area contributed by atoms with E-state index in [1.165, 1.54) is 23.5 Å². The number of halogens is 1. The van der Waals surface area contributed by atoms with E-state index in [1.807, 2.05) is 13.0 Å². The molecule has 0 bridgehead atoms. The molecule has 2 amide bonds. The first-order chi connectivity index (χ1) is 13.8. The van der Waals surface area contributed by atoms with E-state index < -0.39 is 21.8 Å².